The van der Waals surface area contributed by atoms with Gasteiger partial charge in [0.05, 0.1) is 12.9 Å². The van der Waals surface area contributed by atoms with Gasteiger partial charge in [0.2, 0.25) is 0 Å². The monoisotopic (exact) mass is 367 g/mol. The maximum Gasteiger partial charge on any atom is 1.00 e. The maximum absolute atomic E-state index is 11.9. The Balaban J connectivity index is 0.00000156. The van der Waals surface area contributed by atoms with Crippen molar-refractivity contribution in [2.45, 2.75) is 24.5 Å². The second-order valence-electron chi connectivity index (χ2n) is 4.92. The summed E-state index contributed by atoms with van der Waals surface area (Å²) in [6.45, 7) is -3.90. The smallest absolute Gasteiger partial charge is 0.780 e. The van der Waals surface area contributed by atoms with Crippen molar-refractivity contribution >= 4 is 35.5 Å². The van der Waals surface area contributed by atoms with Gasteiger partial charge in [-0.15, -0.1) is 0 Å². The molecule has 1 unspecified atom stereocenters. The molecule has 3 N–H and O–H groups in total. The summed E-state index contributed by atoms with van der Waals surface area (Å²) in [6, 6.07) is 0. The van der Waals surface area contributed by atoms with Crippen LogP contribution in [0.2, 0.25) is 0 Å². The summed E-state index contributed by atoms with van der Waals surface area (Å²) in [4.78, 5) is 24.0. The molecular formula is C10H11N5NaO5PS. The second kappa shape index (κ2) is 6.26. The van der Waals surface area contributed by atoms with Crippen LogP contribution in [0, 0.1) is 0 Å². The Kier molecular flexibility index (Phi) is 4.80. The Morgan fingerprint density at radius 3 is 2.83 bits per heavy atom. The molecule has 0 aromatic carbocycles. The molecule has 0 radical (unpaired) electrons. The number of anilines is 1. The van der Waals surface area contributed by atoms with Gasteiger partial charge >= 0.3 is 29.6 Å². The van der Waals surface area contributed by atoms with Crippen LogP contribution in [0.3, 0.4) is 0 Å². The molecule has 2 aliphatic rings. The van der Waals surface area contributed by atoms with E-state index in [2.05, 4.69) is 15.0 Å². The SMILES string of the molecule is Nc1ncnc2c1ncn2[C@@H]1O[C@H](CO)[C@H]2OP([O-])(=S)O[C@H]21.[Na+]. The van der Waals surface area contributed by atoms with E-state index in [0.717, 1.165) is 0 Å². The summed E-state index contributed by atoms with van der Waals surface area (Å²) in [7, 11) is 0. The van der Waals surface area contributed by atoms with Crippen LogP contribution in [0.5, 0.6) is 0 Å². The van der Waals surface area contributed by atoms with E-state index in [1.165, 1.54) is 12.7 Å². The number of hydrogen-bond acceptors (Lipinski definition) is 10. The predicted octanol–water partition coefficient (Wildman–Crippen LogP) is -4.33. The van der Waals surface area contributed by atoms with Crippen molar-refractivity contribution < 1.29 is 53.3 Å². The first-order valence-electron chi connectivity index (χ1n) is 6.37. The van der Waals surface area contributed by atoms with Crippen LogP contribution in [-0.2, 0) is 25.6 Å². The van der Waals surface area contributed by atoms with E-state index in [9.17, 15) is 10.00 Å². The summed E-state index contributed by atoms with van der Waals surface area (Å²) in [5.41, 5.74) is 6.59. The average Bonchev–Trinajstić information content (AvgIpc) is 3.10. The van der Waals surface area contributed by atoms with E-state index in [1.54, 1.807) is 4.57 Å². The number of rotatable bonds is 2. The first kappa shape index (κ1) is 17.6. The van der Waals surface area contributed by atoms with Crippen LogP contribution in [0.15, 0.2) is 12.7 Å². The van der Waals surface area contributed by atoms with Crippen molar-refractivity contribution in [2.24, 2.45) is 0 Å². The number of hydrogen-bond donors (Lipinski definition) is 2. The van der Waals surface area contributed by atoms with Crippen molar-refractivity contribution in [3.8, 4) is 0 Å². The Labute approximate surface area is 157 Å². The van der Waals surface area contributed by atoms with Gasteiger partial charge in [-0.25, -0.2) is 15.0 Å². The molecule has 0 spiro atoms. The molecule has 2 aromatic heterocycles. The fraction of sp³-hybridized carbons (Fsp3) is 0.500. The topological polar surface area (TPSA) is 141 Å². The molecule has 0 bridgehead atoms. The molecule has 2 saturated heterocycles. The van der Waals surface area contributed by atoms with Gasteiger partial charge in [-0.3, -0.25) is 4.57 Å². The van der Waals surface area contributed by atoms with Gasteiger partial charge in [-0.2, -0.15) is 0 Å². The van der Waals surface area contributed by atoms with E-state index in [0.29, 0.717) is 11.2 Å². The van der Waals surface area contributed by atoms with Crippen LogP contribution in [0.1, 0.15) is 6.23 Å². The standard InChI is InChI=1S/C10H12N5O5PS.Na/c11-8-5-9(13-2-12-8)15(3-14-5)10-7-6(4(1-16)18-10)19-21(17,22)20-7;/h2-4,6-7,10,16H,1H2,(H,17,22)(H2,11,12,13);/q;+1/p-1/t4-,6-,7-,10-,21?;/m1./s1. The zero-order chi connectivity index (χ0) is 15.5. The van der Waals surface area contributed by atoms with Crippen molar-refractivity contribution in [1.29, 1.82) is 0 Å². The van der Waals surface area contributed by atoms with E-state index >= 15 is 0 Å². The number of nitrogens with two attached hydrogens (primary N) is 1. The van der Waals surface area contributed by atoms with E-state index < -0.39 is 31.3 Å². The number of imidazole rings is 1. The quantitative estimate of drug-likeness (QED) is 0.395. The van der Waals surface area contributed by atoms with Crippen LogP contribution in [0.4, 0.5) is 5.82 Å². The fourth-order valence-electron chi connectivity index (χ4n) is 2.70. The van der Waals surface area contributed by atoms with Gasteiger partial charge in [0.15, 0.2) is 17.7 Å². The van der Waals surface area contributed by atoms with Gasteiger partial charge in [0.1, 0.15) is 36.9 Å². The van der Waals surface area contributed by atoms with E-state index in [1.807, 2.05) is 0 Å². The molecule has 5 atom stereocenters. The largest absolute Gasteiger partial charge is 1.00 e. The molecule has 4 heterocycles. The minimum atomic E-state index is -3.58. The number of aromatic nitrogens is 4. The summed E-state index contributed by atoms with van der Waals surface area (Å²) in [5, 5.41) is 9.40. The third-order valence-corrected chi connectivity index (χ3v) is 5.15. The van der Waals surface area contributed by atoms with Crippen molar-refractivity contribution in [1.82, 2.24) is 19.5 Å². The maximum atomic E-state index is 11.9. The summed E-state index contributed by atoms with van der Waals surface area (Å²) >= 11 is 4.77. The van der Waals surface area contributed by atoms with Gasteiger partial charge in [0.25, 0.3) is 0 Å². The molecule has 118 valence electrons. The molecule has 0 saturated carbocycles. The van der Waals surface area contributed by atoms with E-state index in [4.69, 9.17) is 31.3 Å². The second-order valence-corrected chi connectivity index (χ2v) is 7.58. The number of nitrogen functional groups attached to an aromatic ring is 1. The minimum Gasteiger partial charge on any atom is -0.780 e. The summed E-state index contributed by atoms with van der Waals surface area (Å²) in [6.07, 6.45) is -0.113. The first-order valence-corrected chi connectivity index (χ1v) is 8.93. The molecule has 10 nitrogen and oxygen atoms in total. The molecule has 0 aliphatic carbocycles. The van der Waals surface area contributed by atoms with Crippen molar-refractivity contribution in [2.75, 3.05) is 12.3 Å². The molecule has 23 heavy (non-hydrogen) atoms. The Morgan fingerprint density at radius 2 is 2.09 bits per heavy atom. The normalized spacial score (nSPS) is 36.1. The molecule has 2 aliphatic heterocycles. The zero-order valence-electron chi connectivity index (χ0n) is 12.0. The van der Waals surface area contributed by atoms with Crippen LogP contribution >= 0.6 is 6.72 Å². The number of aliphatic hydroxyl groups is 1. The number of aliphatic hydroxyl groups excluding tert-OH is 1. The molecule has 0 amide bonds. The Morgan fingerprint density at radius 1 is 1.35 bits per heavy atom. The van der Waals surface area contributed by atoms with Crippen molar-refractivity contribution in [3.05, 3.63) is 12.7 Å². The molecule has 4 rings (SSSR count). The Bertz CT molecular complexity index is 792. The van der Waals surface area contributed by atoms with Gasteiger partial charge < -0.3 is 29.5 Å². The van der Waals surface area contributed by atoms with Crippen LogP contribution in [-0.4, -0.2) is 49.5 Å². The Hall–Kier alpha value is -0.200. The van der Waals surface area contributed by atoms with Crippen LogP contribution < -0.4 is 40.2 Å². The molecular weight excluding hydrogens is 356 g/mol. The molecule has 2 fully saturated rings. The van der Waals surface area contributed by atoms with Gasteiger partial charge in [-0.05, 0) is 0 Å². The minimum absolute atomic E-state index is 0. The van der Waals surface area contributed by atoms with Gasteiger partial charge in [0, 0.05) is 0 Å². The summed E-state index contributed by atoms with van der Waals surface area (Å²) in [5.74, 6) is 0.231. The number of fused-ring (bicyclic) bond motifs is 2. The molecule has 13 heteroatoms. The third kappa shape index (κ3) is 2.85. The summed E-state index contributed by atoms with van der Waals surface area (Å²) < 4.78 is 17.8. The van der Waals surface area contributed by atoms with Gasteiger partial charge in [-0.1, -0.05) is 11.8 Å². The fourth-order valence-corrected chi connectivity index (χ4v) is 4.42. The predicted molar refractivity (Wildman–Crippen MR) is 74.8 cm³/mol. The number of ether oxygens (including phenoxy) is 1. The van der Waals surface area contributed by atoms with Crippen molar-refractivity contribution in [3.63, 3.8) is 0 Å². The zero-order valence-corrected chi connectivity index (χ0v) is 15.7. The third-order valence-electron chi connectivity index (χ3n) is 3.63. The van der Waals surface area contributed by atoms with E-state index in [-0.39, 0.29) is 42.0 Å². The average molecular weight is 367 g/mol. The number of nitrogens with zero attached hydrogens (tertiary/aromatic N) is 4. The first-order chi connectivity index (χ1) is 10.5. The molecule has 2 aromatic rings. The van der Waals surface area contributed by atoms with Crippen LogP contribution in [0.25, 0.3) is 11.2 Å².